The molecule has 0 aliphatic heterocycles. The predicted octanol–water partition coefficient (Wildman–Crippen LogP) is 0.822. The molecule has 2 aromatic heterocycles. The first-order chi connectivity index (χ1) is 9.88. The molecule has 2 rings (SSSR count). The van der Waals surface area contributed by atoms with Crippen LogP contribution >= 0.6 is 15.9 Å². The Balaban J connectivity index is 2.20. The van der Waals surface area contributed by atoms with Crippen LogP contribution in [0.5, 0.6) is 5.75 Å². The Hall–Kier alpha value is -1.67. The summed E-state index contributed by atoms with van der Waals surface area (Å²) in [6, 6.07) is 1.31. The molecule has 0 aliphatic rings. The zero-order valence-corrected chi connectivity index (χ0v) is 13.8. The van der Waals surface area contributed by atoms with Crippen molar-refractivity contribution in [1.29, 1.82) is 0 Å². The minimum Gasteiger partial charge on any atom is -0.490 e. The van der Waals surface area contributed by atoms with E-state index in [1.54, 1.807) is 4.68 Å². The van der Waals surface area contributed by atoms with Crippen LogP contribution in [0.25, 0.3) is 0 Å². The van der Waals surface area contributed by atoms with E-state index in [9.17, 15) is 4.79 Å². The highest BCUT2D eigenvalue weighted by Crippen LogP contribution is 2.20. The number of nitrogens with zero attached hydrogens (tertiary/aromatic N) is 4. The fraction of sp³-hybridized carbons (Fsp3) is 0.462. The molecule has 7 nitrogen and oxygen atoms in total. The van der Waals surface area contributed by atoms with Gasteiger partial charge in [0.05, 0.1) is 28.6 Å². The monoisotopic (exact) mass is 355 g/mol. The minimum absolute atomic E-state index is 0.0965. The van der Waals surface area contributed by atoms with Crippen LogP contribution in [0.2, 0.25) is 0 Å². The van der Waals surface area contributed by atoms with Crippen LogP contribution in [0.15, 0.2) is 21.5 Å². The molecule has 2 N–H and O–H groups in total. The van der Waals surface area contributed by atoms with Crippen molar-refractivity contribution >= 4 is 15.9 Å². The SMILES string of the molecule is Cc1nn(C)c(Cn2ncc(OCC(C)N)cc2=O)c1Br. The van der Waals surface area contributed by atoms with E-state index in [0.717, 1.165) is 15.9 Å². The predicted molar refractivity (Wildman–Crippen MR) is 82.4 cm³/mol. The van der Waals surface area contributed by atoms with Gasteiger partial charge in [0.25, 0.3) is 5.56 Å². The van der Waals surface area contributed by atoms with Crippen LogP contribution in [-0.2, 0) is 13.6 Å². The highest BCUT2D eigenvalue weighted by Gasteiger charge is 2.12. The maximum Gasteiger partial charge on any atom is 0.270 e. The van der Waals surface area contributed by atoms with Crippen molar-refractivity contribution in [2.24, 2.45) is 12.8 Å². The molecule has 2 aromatic rings. The highest BCUT2D eigenvalue weighted by molar-refractivity contribution is 9.10. The van der Waals surface area contributed by atoms with Gasteiger partial charge in [-0.25, -0.2) is 4.68 Å². The Morgan fingerprint density at radius 1 is 1.52 bits per heavy atom. The van der Waals surface area contributed by atoms with E-state index < -0.39 is 0 Å². The van der Waals surface area contributed by atoms with E-state index in [1.807, 2.05) is 20.9 Å². The topological polar surface area (TPSA) is 88.0 Å². The second kappa shape index (κ2) is 6.40. The van der Waals surface area contributed by atoms with Gasteiger partial charge in [-0.1, -0.05) is 0 Å². The molecule has 0 spiro atoms. The maximum absolute atomic E-state index is 12.1. The number of aryl methyl sites for hydroxylation is 2. The Morgan fingerprint density at radius 3 is 2.76 bits per heavy atom. The Bertz CT molecular complexity index is 692. The average molecular weight is 356 g/mol. The lowest BCUT2D eigenvalue weighted by atomic mass is 10.3. The molecular weight excluding hydrogens is 338 g/mol. The summed E-state index contributed by atoms with van der Waals surface area (Å²) in [6.45, 7) is 4.41. The molecule has 0 saturated carbocycles. The summed E-state index contributed by atoms with van der Waals surface area (Å²) >= 11 is 3.47. The normalized spacial score (nSPS) is 12.4. The van der Waals surface area contributed by atoms with Crippen LogP contribution in [-0.4, -0.2) is 32.2 Å². The smallest absolute Gasteiger partial charge is 0.270 e. The molecule has 1 atom stereocenters. The van der Waals surface area contributed by atoms with Gasteiger partial charge in [0.1, 0.15) is 12.4 Å². The summed E-state index contributed by atoms with van der Waals surface area (Å²) in [7, 11) is 1.83. The first kappa shape index (κ1) is 15.7. The summed E-state index contributed by atoms with van der Waals surface area (Å²) in [6.07, 6.45) is 1.51. The van der Waals surface area contributed by atoms with Crippen molar-refractivity contribution < 1.29 is 4.74 Å². The zero-order valence-electron chi connectivity index (χ0n) is 12.2. The molecule has 0 aliphatic carbocycles. The molecule has 2 heterocycles. The second-order valence-corrected chi connectivity index (χ2v) is 5.74. The quantitative estimate of drug-likeness (QED) is 0.857. The van der Waals surface area contributed by atoms with E-state index in [-0.39, 0.29) is 11.6 Å². The standard InChI is InChI=1S/C13H18BrN5O2/c1-8(15)7-21-10-4-12(20)19(16-5-10)6-11-13(14)9(2)17-18(11)3/h4-5,8H,6-7,15H2,1-3H3. The largest absolute Gasteiger partial charge is 0.490 e. The van der Waals surface area contributed by atoms with Gasteiger partial charge in [0.15, 0.2) is 0 Å². The van der Waals surface area contributed by atoms with Crippen molar-refractivity contribution in [3.05, 3.63) is 38.5 Å². The van der Waals surface area contributed by atoms with Crippen molar-refractivity contribution in [3.8, 4) is 5.75 Å². The van der Waals surface area contributed by atoms with E-state index in [0.29, 0.717) is 18.9 Å². The average Bonchev–Trinajstić information content (AvgIpc) is 2.65. The molecule has 0 radical (unpaired) electrons. The van der Waals surface area contributed by atoms with E-state index >= 15 is 0 Å². The van der Waals surface area contributed by atoms with Crippen molar-refractivity contribution in [1.82, 2.24) is 19.6 Å². The summed E-state index contributed by atoms with van der Waals surface area (Å²) in [5, 5.41) is 8.41. The van der Waals surface area contributed by atoms with Gasteiger partial charge in [0.2, 0.25) is 0 Å². The van der Waals surface area contributed by atoms with Gasteiger partial charge in [-0.2, -0.15) is 10.2 Å². The summed E-state index contributed by atoms with van der Waals surface area (Å²) in [4.78, 5) is 12.1. The van der Waals surface area contributed by atoms with Gasteiger partial charge < -0.3 is 10.5 Å². The lowest BCUT2D eigenvalue weighted by Crippen LogP contribution is -2.26. The van der Waals surface area contributed by atoms with Crippen molar-refractivity contribution in [2.45, 2.75) is 26.4 Å². The molecule has 0 aromatic carbocycles. The number of halogens is 1. The third-order valence-electron chi connectivity index (χ3n) is 2.92. The molecule has 0 amide bonds. The van der Waals surface area contributed by atoms with Gasteiger partial charge in [-0.3, -0.25) is 9.48 Å². The third kappa shape index (κ3) is 3.70. The number of aromatic nitrogens is 4. The lowest BCUT2D eigenvalue weighted by Gasteiger charge is -2.09. The van der Waals surface area contributed by atoms with Crippen molar-refractivity contribution in [3.63, 3.8) is 0 Å². The third-order valence-corrected chi connectivity index (χ3v) is 3.95. The molecule has 0 fully saturated rings. The molecule has 8 heteroatoms. The number of hydrogen-bond donors (Lipinski definition) is 1. The number of nitrogens with two attached hydrogens (primary N) is 1. The molecule has 114 valence electrons. The van der Waals surface area contributed by atoms with Crippen LogP contribution < -0.4 is 16.0 Å². The Kier molecular flexibility index (Phi) is 4.79. The molecule has 0 bridgehead atoms. The number of ether oxygens (including phenoxy) is 1. The molecule has 0 saturated heterocycles. The zero-order chi connectivity index (χ0) is 15.6. The molecular formula is C13H18BrN5O2. The van der Waals surface area contributed by atoms with Gasteiger partial charge in [-0.15, -0.1) is 0 Å². The lowest BCUT2D eigenvalue weighted by molar-refractivity contribution is 0.293. The van der Waals surface area contributed by atoms with Gasteiger partial charge in [-0.05, 0) is 29.8 Å². The van der Waals surface area contributed by atoms with Crippen LogP contribution in [0.4, 0.5) is 0 Å². The second-order valence-electron chi connectivity index (χ2n) is 4.95. The van der Waals surface area contributed by atoms with E-state index in [4.69, 9.17) is 10.5 Å². The minimum atomic E-state index is -0.233. The first-order valence-electron chi connectivity index (χ1n) is 6.52. The number of hydrogen-bond acceptors (Lipinski definition) is 5. The number of rotatable bonds is 5. The fourth-order valence-corrected chi connectivity index (χ4v) is 2.30. The summed E-state index contributed by atoms with van der Waals surface area (Å²) < 4.78 is 9.35. The van der Waals surface area contributed by atoms with Crippen LogP contribution in [0.3, 0.4) is 0 Å². The Morgan fingerprint density at radius 2 is 2.24 bits per heavy atom. The fourth-order valence-electron chi connectivity index (χ4n) is 1.84. The van der Waals surface area contributed by atoms with Gasteiger partial charge in [0, 0.05) is 19.2 Å². The molecule has 1 unspecified atom stereocenters. The van der Waals surface area contributed by atoms with E-state index in [2.05, 4.69) is 26.1 Å². The Labute approximate surface area is 130 Å². The van der Waals surface area contributed by atoms with Crippen LogP contribution in [0.1, 0.15) is 18.3 Å². The van der Waals surface area contributed by atoms with Crippen molar-refractivity contribution in [2.75, 3.05) is 6.61 Å². The summed E-state index contributed by atoms with van der Waals surface area (Å²) in [5.74, 6) is 0.425. The highest BCUT2D eigenvalue weighted by atomic mass is 79.9. The summed E-state index contributed by atoms with van der Waals surface area (Å²) in [5.41, 5.74) is 7.12. The van der Waals surface area contributed by atoms with E-state index in [1.165, 1.54) is 16.9 Å². The maximum atomic E-state index is 12.1. The van der Waals surface area contributed by atoms with Gasteiger partial charge >= 0.3 is 0 Å². The molecule has 21 heavy (non-hydrogen) atoms. The first-order valence-corrected chi connectivity index (χ1v) is 7.31. The van der Waals surface area contributed by atoms with Crippen LogP contribution in [0, 0.1) is 6.92 Å².